The molecule has 0 spiro atoms. The van der Waals surface area contributed by atoms with Crippen LogP contribution in [0.25, 0.3) is 15.7 Å². The number of anilines is 1. The second-order valence-corrected chi connectivity index (χ2v) is 27.9. The van der Waals surface area contributed by atoms with Crippen LogP contribution >= 0.6 is 34.9 Å². The Morgan fingerprint density at radius 1 is 0.800 bits per heavy atom. The highest BCUT2D eigenvalue weighted by Crippen LogP contribution is 2.59. The standard InChI is InChI=1S/C61H78BrF2N8O11PS/c1-37-45(26-29-65-37)39-18-16-38(17-19-39)35-67-54(76)47-34-44(73)36-72(47)58(80)52(59(2,3)4)68-51(75)15-11-9-8-10-12-28-66-50(74)27-31-70(43-23-21-42(62)22-24-43)56(78)46-14-13-30-71(46)57(79)53(60(5,6)7)69-55(77)49-33-40-32-41(20-25-48(40)85-49)61(63,64)84(81,82)83/h16-25,29,32-33,44,46-47,52-53,73H,8-15,26-28,30-31,34-36H2,1-7H3,(H,66,74)(H,67,76)(H,68,75)(H,69,77)(H2,81,82,83)/t44-,46?,47+,52?,53?/m1/s1. The maximum Gasteiger partial charge on any atom is 0.399 e. The maximum absolute atomic E-state index is 14.6. The number of β-amino-alcohol motifs (C(OH)–C–C–N with tert-alkyl or cyclic N) is 1. The van der Waals surface area contributed by atoms with Crippen molar-refractivity contribution in [3.63, 3.8) is 0 Å². The van der Waals surface area contributed by atoms with Crippen LogP contribution in [0.2, 0.25) is 0 Å². The highest BCUT2D eigenvalue weighted by Gasteiger charge is 2.51. The van der Waals surface area contributed by atoms with Crippen molar-refractivity contribution < 1.29 is 61.8 Å². The van der Waals surface area contributed by atoms with E-state index in [-0.39, 0.29) is 73.4 Å². The minimum absolute atomic E-state index is 0.00298. The van der Waals surface area contributed by atoms with Crippen LogP contribution in [0.15, 0.2) is 88.0 Å². The van der Waals surface area contributed by atoms with Gasteiger partial charge in [0.15, 0.2) is 0 Å². The normalized spacial score (nSPS) is 18.2. The largest absolute Gasteiger partial charge is 0.399 e. The number of hydrogen-bond acceptors (Lipinski definition) is 11. The highest BCUT2D eigenvalue weighted by molar-refractivity contribution is 9.10. The summed E-state index contributed by atoms with van der Waals surface area (Å²) in [5, 5.41) is 22.4. The second-order valence-electron chi connectivity index (χ2n) is 24.3. The molecule has 3 aliphatic rings. The van der Waals surface area contributed by atoms with E-state index < -0.39 is 83.6 Å². The summed E-state index contributed by atoms with van der Waals surface area (Å²) in [6.07, 6.45) is 6.30. The summed E-state index contributed by atoms with van der Waals surface area (Å²) in [7, 11) is -5.84. The van der Waals surface area contributed by atoms with E-state index in [1.54, 1.807) is 45.0 Å². The quantitative estimate of drug-likeness (QED) is 0.0257. The van der Waals surface area contributed by atoms with Crippen molar-refractivity contribution in [2.75, 3.05) is 31.1 Å². The van der Waals surface area contributed by atoms with Crippen molar-refractivity contribution in [3.8, 4) is 0 Å². The van der Waals surface area contributed by atoms with Gasteiger partial charge in [0.2, 0.25) is 35.4 Å². The lowest BCUT2D eigenvalue weighted by Gasteiger charge is -2.36. The molecule has 19 nitrogen and oxygen atoms in total. The van der Waals surface area contributed by atoms with Crippen LogP contribution in [0.4, 0.5) is 14.5 Å². The van der Waals surface area contributed by atoms with Gasteiger partial charge >= 0.3 is 13.3 Å². The van der Waals surface area contributed by atoms with E-state index in [9.17, 15) is 61.8 Å². The molecule has 2 saturated heterocycles. The van der Waals surface area contributed by atoms with E-state index >= 15 is 0 Å². The summed E-state index contributed by atoms with van der Waals surface area (Å²) >= 11 is 4.39. The number of unbranched alkanes of at least 4 members (excludes halogenated alkanes) is 4. The second kappa shape index (κ2) is 28.1. The number of allylic oxidation sites excluding steroid dienone is 2. The van der Waals surface area contributed by atoms with Crippen molar-refractivity contribution in [1.82, 2.24) is 31.1 Å². The molecule has 3 aromatic carbocycles. The zero-order valence-corrected chi connectivity index (χ0v) is 52.4. The van der Waals surface area contributed by atoms with Gasteiger partial charge in [0, 0.05) is 90.7 Å². The van der Waals surface area contributed by atoms with Crippen molar-refractivity contribution in [3.05, 3.63) is 105 Å². The van der Waals surface area contributed by atoms with E-state index in [0.29, 0.717) is 42.6 Å². The Morgan fingerprint density at radius 3 is 2.09 bits per heavy atom. The number of nitrogens with one attached hydrogen (secondary N) is 4. The first kappa shape index (κ1) is 66.3. The lowest BCUT2D eigenvalue weighted by Crippen LogP contribution is -2.58. The molecule has 5 atom stereocenters. The smallest absolute Gasteiger partial charge is 0.391 e. The van der Waals surface area contributed by atoms with Gasteiger partial charge in [-0.1, -0.05) is 107 Å². The van der Waals surface area contributed by atoms with Crippen LogP contribution in [0.3, 0.4) is 0 Å². The Balaban J connectivity index is 0.855. The van der Waals surface area contributed by atoms with Crippen molar-refractivity contribution >= 4 is 104 Å². The summed E-state index contributed by atoms with van der Waals surface area (Å²) in [6, 6.07) is 15.3. The molecule has 3 unspecified atom stereocenters. The molecular formula is C61H78BrF2N8O11PS. The molecule has 0 saturated carbocycles. The molecular weight excluding hydrogens is 1200 g/mol. The fraction of sp³-hybridized carbons (Fsp3) is 0.508. The van der Waals surface area contributed by atoms with Gasteiger partial charge in [0.1, 0.15) is 24.2 Å². The number of nitrogens with zero attached hydrogens (tertiary/aromatic N) is 4. The molecule has 0 aliphatic carbocycles. The Labute approximate surface area is 507 Å². The number of halogens is 3. The van der Waals surface area contributed by atoms with Crippen LogP contribution < -0.4 is 26.2 Å². The Morgan fingerprint density at radius 2 is 1.45 bits per heavy atom. The van der Waals surface area contributed by atoms with E-state index in [1.165, 1.54) is 26.8 Å². The molecule has 3 aliphatic heterocycles. The SMILES string of the molecule is CC1=C(c2ccc(CNC(=O)[C@@H]3C[C@@H](O)CN3C(=O)C(NC(=O)CCCCCCCNC(=O)CCN(C(=O)C3CCCN3C(=O)C(NC(=O)c3cc4cc(C(F)(F)P(=O)(O)O)ccc4s3)C(C)(C)C)c3ccc(Br)cc3)C(C)(C)C)cc2)CC=N1. The fourth-order valence-electron chi connectivity index (χ4n) is 10.8. The number of amides is 7. The molecule has 7 rings (SSSR count). The number of carbonyl (C=O) groups excluding carboxylic acids is 7. The van der Waals surface area contributed by atoms with Crippen molar-refractivity contribution in [1.29, 1.82) is 0 Å². The number of likely N-dealkylation sites (tertiary alicyclic amines) is 2. The molecule has 0 bridgehead atoms. The number of rotatable bonds is 24. The number of fused-ring (bicyclic) bond motifs is 1. The minimum atomic E-state index is -5.84. The van der Waals surface area contributed by atoms with Gasteiger partial charge in [-0.15, -0.1) is 11.3 Å². The number of carbonyl (C=O) groups is 7. The molecule has 460 valence electrons. The lowest BCUT2D eigenvalue weighted by atomic mass is 9.85. The number of aliphatic hydroxyl groups excluding tert-OH is 1. The average molecular weight is 1280 g/mol. The fourth-order valence-corrected chi connectivity index (χ4v) is 12.4. The van der Waals surface area contributed by atoms with E-state index in [4.69, 9.17) is 0 Å². The maximum atomic E-state index is 14.6. The first-order valence-electron chi connectivity index (χ1n) is 28.7. The van der Waals surface area contributed by atoms with Crippen LogP contribution in [-0.2, 0) is 45.5 Å². The monoisotopic (exact) mass is 1280 g/mol. The third-order valence-electron chi connectivity index (χ3n) is 15.6. The van der Waals surface area contributed by atoms with Gasteiger partial charge < -0.3 is 50.9 Å². The molecule has 2 fully saturated rings. The summed E-state index contributed by atoms with van der Waals surface area (Å²) in [4.78, 5) is 124. The zero-order valence-electron chi connectivity index (χ0n) is 49.1. The van der Waals surface area contributed by atoms with Crippen LogP contribution in [-0.4, -0.2) is 129 Å². The number of aliphatic imine (C=N–C) groups is 1. The molecule has 1 aromatic heterocycles. The molecule has 7 amide bonds. The minimum Gasteiger partial charge on any atom is -0.391 e. The average Bonchev–Trinajstić information content (AvgIpc) is 2.73. The predicted octanol–water partition coefficient (Wildman–Crippen LogP) is 8.92. The van der Waals surface area contributed by atoms with Crippen molar-refractivity contribution in [2.24, 2.45) is 15.8 Å². The third-order valence-corrected chi connectivity index (χ3v) is 18.2. The summed E-state index contributed by atoms with van der Waals surface area (Å²) < 4.78 is 41.8. The van der Waals surface area contributed by atoms with Gasteiger partial charge in [-0.2, -0.15) is 8.78 Å². The zero-order chi connectivity index (χ0) is 62.2. The lowest BCUT2D eigenvalue weighted by molar-refractivity contribution is -0.144. The van der Waals surface area contributed by atoms with Gasteiger partial charge in [-0.05, 0) is 108 Å². The Kier molecular flexibility index (Phi) is 21.9. The number of hydrogen-bond donors (Lipinski definition) is 7. The van der Waals surface area contributed by atoms with Gasteiger partial charge in [0.25, 0.3) is 5.91 Å². The van der Waals surface area contributed by atoms with E-state index in [0.717, 1.165) is 76.0 Å². The number of benzene rings is 3. The number of thiophene rings is 1. The van der Waals surface area contributed by atoms with Crippen molar-refractivity contribution in [2.45, 2.75) is 162 Å². The van der Waals surface area contributed by atoms with Gasteiger partial charge in [0.05, 0.1) is 11.0 Å². The topological polar surface area (TPSA) is 267 Å². The molecule has 4 aromatic rings. The molecule has 85 heavy (non-hydrogen) atoms. The highest BCUT2D eigenvalue weighted by atomic mass is 79.9. The first-order chi connectivity index (χ1) is 39.9. The van der Waals surface area contributed by atoms with Crippen LogP contribution in [0, 0.1) is 10.8 Å². The van der Waals surface area contributed by atoms with Gasteiger partial charge in [-0.25, -0.2) is 0 Å². The van der Waals surface area contributed by atoms with Gasteiger partial charge in [-0.3, -0.25) is 43.1 Å². The number of alkyl halides is 2. The summed E-state index contributed by atoms with van der Waals surface area (Å²) in [5.74, 6) is -2.98. The third kappa shape index (κ3) is 16.9. The summed E-state index contributed by atoms with van der Waals surface area (Å²) in [6.45, 7) is 13.6. The summed E-state index contributed by atoms with van der Waals surface area (Å²) in [5.41, 5.74) is -2.32. The first-order valence-corrected chi connectivity index (χ1v) is 32.0. The molecule has 24 heteroatoms. The van der Waals surface area contributed by atoms with E-state index in [2.05, 4.69) is 42.2 Å². The van der Waals surface area contributed by atoms with Crippen LogP contribution in [0.5, 0.6) is 0 Å². The molecule has 7 N–H and O–H groups in total. The van der Waals surface area contributed by atoms with Crippen LogP contribution in [0.1, 0.15) is 145 Å². The molecule has 4 heterocycles. The Bertz CT molecular complexity index is 3230. The van der Waals surface area contributed by atoms with E-state index in [1.807, 2.05) is 58.2 Å². The molecule has 0 radical (unpaired) electrons. The predicted molar refractivity (Wildman–Crippen MR) is 327 cm³/mol. The Hall–Kier alpha value is -6.23. The number of aliphatic hydroxyl groups is 1.